The Morgan fingerprint density at radius 1 is 1.41 bits per heavy atom. The van der Waals surface area contributed by atoms with Crippen molar-refractivity contribution in [3.8, 4) is 0 Å². The minimum absolute atomic E-state index is 0.213. The van der Waals surface area contributed by atoms with Gasteiger partial charge in [0.05, 0.1) is 11.6 Å². The third-order valence-corrected chi connectivity index (χ3v) is 3.08. The number of nitrogens with zero attached hydrogens (tertiary/aromatic N) is 3. The summed E-state index contributed by atoms with van der Waals surface area (Å²) in [6.45, 7) is 1.64. The molecule has 1 atom stereocenters. The highest BCUT2D eigenvalue weighted by molar-refractivity contribution is 5.86. The van der Waals surface area contributed by atoms with Crippen LogP contribution in [0.3, 0.4) is 0 Å². The molecule has 0 amide bonds. The summed E-state index contributed by atoms with van der Waals surface area (Å²) < 4.78 is 7.65. The van der Waals surface area contributed by atoms with Crippen molar-refractivity contribution in [2.75, 3.05) is 18.1 Å². The molecule has 1 saturated heterocycles. The van der Waals surface area contributed by atoms with Crippen molar-refractivity contribution in [3.63, 3.8) is 0 Å². The van der Waals surface area contributed by atoms with Crippen LogP contribution >= 0.6 is 0 Å². The monoisotopic (exact) mass is 233 g/mol. The van der Waals surface area contributed by atoms with Crippen LogP contribution in [0.2, 0.25) is 0 Å². The van der Waals surface area contributed by atoms with E-state index in [1.807, 2.05) is 16.8 Å². The Morgan fingerprint density at radius 2 is 2.29 bits per heavy atom. The van der Waals surface area contributed by atoms with Gasteiger partial charge in [-0.2, -0.15) is 4.98 Å². The summed E-state index contributed by atoms with van der Waals surface area (Å²) >= 11 is 0. The highest BCUT2D eigenvalue weighted by Gasteiger charge is 2.18. The maximum atomic E-state index is 5.88. The zero-order chi connectivity index (χ0) is 11.8. The summed E-state index contributed by atoms with van der Waals surface area (Å²) in [6.07, 6.45) is 4.44. The summed E-state index contributed by atoms with van der Waals surface area (Å²) in [6, 6.07) is 1.90. The lowest BCUT2D eigenvalue weighted by Gasteiger charge is -2.12. The first-order valence-electron chi connectivity index (χ1n) is 5.73. The Labute approximate surface area is 98.6 Å². The Balaban J connectivity index is 1.99. The molecule has 0 saturated carbocycles. The average Bonchev–Trinajstić information content (AvgIpc) is 2.88. The van der Waals surface area contributed by atoms with Gasteiger partial charge in [0.15, 0.2) is 5.82 Å². The summed E-state index contributed by atoms with van der Waals surface area (Å²) in [5.74, 6) is 0.639. The summed E-state index contributed by atoms with van der Waals surface area (Å²) in [4.78, 5) is 8.15. The molecule has 2 aromatic rings. The van der Waals surface area contributed by atoms with E-state index in [1.165, 1.54) is 0 Å². The number of nitrogens with two attached hydrogens (primary N) is 2. The second kappa shape index (κ2) is 3.89. The van der Waals surface area contributed by atoms with E-state index in [9.17, 15) is 0 Å². The third kappa shape index (κ3) is 1.80. The highest BCUT2D eigenvalue weighted by Crippen LogP contribution is 2.22. The molecule has 0 radical (unpaired) electrons. The first kappa shape index (κ1) is 10.3. The van der Waals surface area contributed by atoms with Gasteiger partial charge in [-0.15, -0.1) is 0 Å². The van der Waals surface area contributed by atoms with Gasteiger partial charge in [0.1, 0.15) is 5.52 Å². The van der Waals surface area contributed by atoms with Crippen molar-refractivity contribution in [2.45, 2.75) is 25.5 Å². The summed E-state index contributed by atoms with van der Waals surface area (Å²) in [5.41, 5.74) is 13.1. The van der Waals surface area contributed by atoms with Gasteiger partial charge < -0.3 is 20.8 Å². The Morgan fingerprint density at radius 3 is 3.06 bits per heavy atom. The molecule has 2 aromatic heterocycles. The van der Waals surface area contributed by atoms with E-state index in [0.717, 1.165) is 37.0 Å². The Hall–Kier alpha value is -1.82. The van der Waals surface area contributed by atoms with Crippen LogP contribution in [0.5, 0.6) is 0 Å². The number of nitrogen functional groups attached to an aromatic ring is 2. The van der Waals surface area contributed by atoms with Crippen LogP contribution in [-0.4, -0.2) is 27.2 Å². The predicted octanol–water partition coefficient (Wildman–Crippen LogP) is 0.775. The Kier molecular flexibility index (Phi) is 2.36. The topological polar surface area (TPSA) is 92.0 Å². The van der Waals surface area contributed by atoms with Gasteiger partial charge in [-0.05, 0) is 18.9 Å². The molecule has 1 aliphatic rings. The third-order valence-electron chi connectivity index (χ3n) is 3.08. The Bertz CT molecular complexity index is 544. The SMILES string of the molecule is Nc1nc(N)c2c(ccn2CC2CCCO2)n1. The molecule has 4 N–H and O–H groups in total. The van der Waals surface area contributed by atoms with Crippen LogP contribution in [0.15, 0.2) is 12.3 Å². The van der Waals surface area contributed by atoms with Crippen molar-refractivity contribution in [1.29, 1.82) is 0 Å². The smallest absolute Gasteiger partial charge is 0.222 e. The molecule has 6 nitrogen and oxygen atoms in total. The van der Waals surface area contributed by atoms with Gasteiger partial charge in [-0.3, -0.25) is 0 Å². The van der Waals surface area contributed by atoms with Gasteiger partial charge in [0.2, 0.25) is 5.95 Å². The first-order chi connectivity index (χ1) is 8.24. The van der Waals surface area contributed by atoms with Gasteiger partial charge in [-0.1, -0.05) is 0 Å². The van der Waals surface area contributed by atoms with Crippen molar-refractivity contribution in [2.24, 2.45) is 0 Å². The molecule has 1 unspecified atom stereocenters. The number of rotatable bonds is 2. The second-order valence-electron chi connectivity index (χ2n) is 4.30. The van der Waals surface area contributed by atoms with E-state index in [4.69, 9.17) is 16.2 Å². The van der Waals surface area contributed by atoms with Gasteiger partial charge in [0, 0.05) is 19.3 Å². The number of ether oxygens (including phenoxy) is 1. The zero-order valence-corrected chi connectivity index (χ0v) is 9.47. The first-order valence-corrected chi connectivity index (χ1v) is 5.73. The van der Waals surface area contributed by atoms with Crippen LogP contribution in [-0.2, 0) is 11.3 Å². The zero-order valence-electron chi connectivity index (χ0n) is 9.47. The van der Waals surface area contributed by atoms with Crippen molar-refractivity contribution < 1.29 is 4.74 Å². The molecular weight excluding hydrogens is 218 g/mol. The fourth-order valence-electron chi connectivity index (χ4n) is 2.31. The molecule has 17 heavy (non-hydrogen) atoms. The minimum atomic E-state index is 0.213. The molecule has 1 fully saturated rings. The summed E-state index contributed by atoms with van der Waals surface area (Å²) in [5, 5.41) is 0. The minimum Gasteiger partial charge on any atom is -0.382 e. The second-order valence-corrected chi connectivity index (χ2v) is 4.30. The lowest BCUT2D eigenvalue weighted by atomic mass is 10.2. The van der Waals surface area contributed by atoms with E-state index >= 15 is 0 Å². The number of fused-ring (bicyclic) bond motifs is 1. The van der Waals surface area contributed by atoms with Crippen molar-refractivity contribution in [3.05, 3.63) is 12.3 Å². The van der Waals surface area contributed by atoms with Gasteiger partial charge >= 0.3 is 0 Å². The molecule has 90 valence electrons. The van der Waals surface area contributed by atoms with Crippen LogP contribution < -0.4 is 11.5 Å². The van der Waals surface area contributed by atoms with Crippen molar-refractivity contribution >= 4 is 22.8 Å². The summed E-state index contributed by atoms with van der Waals surface area (Å²) in [7, 11) is 0. The van der Waals surface area contributed by atoms with Crippen LogP contribution in [0.1, 0.15) is 12.8 Å². The molecule has 0 aliphatic carbocycles. The number of hydrogen-bond acceptors (Lipinski definition) is 5. The standard InChI is InChI=1S/C11H15N5O/c12-10-9-8(14-11(13)15-10)3-4-16(9)6-7-2-1-5-17-7/h3-4,7H,1-2,5-6H2,(H4,12,13,14,15). The molecule has 0 bridgehead atoms. The predicted molar refractivity (Wildman–Crippen MR) is 65.3 cm³/mol. The van der Waals surface area contributed by atoms with E-state index in [2.05, 4.69) is 9.97 Å². The van der Waals surface area contributed by atoms with Crippen LogP contribution in [0.25, 0.3) is 11.0 Å². The maximum Gasteiger partial charge on any atom is 0.222 e. The van der Waals surface area contributed by atoms with Crippen molar-refractivity contribution in [1.82, 2.24) is 14.5 Å². The molecule has 1 aliphatic heterocycles. The quantitative estimate of drug-likeness (QED) is 0.799. The molecular formula is C11H15N5O. The lowest BCUT2D eigenvalue weighted by molar-refractivity contribution is 0.0980. The van der Waals surface area contributed by atoms with E-state index in [-0.39, 0.29) is 12.1 Å². The number of anilines is 2. The number of aromatic nitrogens is 3. The lowest BCUT2D eigenvalue weighted by Crippen LogP contribution is -2.15. The van der Waals surface area contributed by atoms with E-state index in [0.29, 0.717) is 5.82 Å². The molecule has 0 aromatic carbocycles. The van der Waals surface area contributed by atoms with Gasteiger partial charge in [0.25, 0.3) is 0 Å². The fourth-order valence-corrected chi connectivity index (χ4v) is 2.31. The number of hydrogen-bond donors (Lipinski definition) is 2. The van der Waals surface area contributed by atoms with Crippen LogP contribution in [0, 0.1) is 0 Å². The maximum absolute atomic E-state index is 5.88. The molecule has 3 rings (SSSR count). The molecule has 3 heterocycles. The largest absolute Gasteiger partial charge is 0.382 e. The molecule has 0 spiro atoms. The fraction of sp³-hybridized carbons (Fsp3) is 0.455. The van der Waals surface area contributed by atoms with Gasteiger partial charge in [-0.25, -0.2) is 4.98 Å². The highest BCUT2D eigenvalue weighted by atomic mass is 16.5. The average molecular weight is 233 g/mol. The van der Waals surface area contributed by atoms with Crippen LogP contribution in [0.4, 0.5) is 11.8 Å². The normalized spacial score (nSPS) is 20.1. The van der Waals surface area contributed by atoms with E-state index < -0.39 is 0 Å². The van der Waals surface area contributed by atoms with E-state index in [1.54, 1.807) is 0 Å². The molecule has 6 heteroatoms.